The zero-order valence-electron chi connectivity index (χ0n) is 28.4. The van der Waals surface area contributed by atoms with E-state index >= 15 is 0 Å². The zero-order valence-corrected chi connectivity index (χ0v) is 25.8. The summed E-state index contributed by atoms with van der Waals surface area (Å²) in [6.45, 7) is 3.61. The summed E-state index contributed by atoms with van der Waals surface area (Å²) in [6, 6.07) is 30.5. The number of furan rings is 1. The van der Waals surface area contributed by atoms with Crippen molar-refractivity contribution in [1.29, 1.82) is 0 Å². The SMILES string of the molecule is [2H]C([2H])([2H])c1ccc(-c2[c-]cccc2)nc1.[2H]C([2H])(c1ccnc(-c2[c-]ccc3c2oc2c4ccncc4ccc32)c1)C(C)(C)C.[Ir]. The molecule has 0 saturated carbocycles. The number of pyridine rings is 3. The number of benzene rings is 3. The third-order valence-corrected chi connectivity index (χ3v) is 6.50. The van der Waals surface area contributed by atoms with E-state index < -0.39 is 18.6 Å². The van der Waals surface area contributed by atoms with Crippen molar-refractivity contribution in [2.24, 2.45) is 5.41 Å². The van der Waals surface area contributed by atoms with E-state index in [4.69, 9.17) is 11.3 Å². The van der Waals surface area contributed by atoms with E-state index in [-0.39, 0.29) is 25.7 Å². The van der Waals surface area contributed by atoms with E-state index in [0.717, 1.165) is 43.9 Å². The summed E-state index contributed by atoms with van der Waals surface area (Å²) in [5.41, 5.74) is 4.80. The van der Waals surface area contributed by atoms with Crippen molar-refractivity contribution in [3.05, 3.63) is 127 Å². The first-order chi connectivity index (χ1) is 21.8. The van der Waals surface area contributed by atoms with Crippen molar-refractivity contribution in [1.82, 2.24) is 15.0 Å². The maximum atomic E-state index is 8.62. The largest absolute Gasteiger partial charge is 0.500 e. The monoisotopic (exact) mass is 731 g/mol. The van der Waals surface area contributed by atoms with Gasteiger partial charge in [0.1, 0.15) is 5.58 Å². The standard InChI is InChI=1S/C25H21N2O.C12H10N.Ir/c1-25(2,3)14-16-9-12-27-22(13-16)21-6-4-5-19-20-8-7-17-15-26-11-10-18(17)23(20)28-24(19)21;1-10-7-8-12(13-9-10)11-5-3-2-4-6-11;/h4-5,7-13,15H,14H2,1-3H3;2-5,7-9H,1H3;/q2*-1;/i14D2;1D3;. The summed E-state index contributed by atoms with van der Waals surface area (Å²) in [6.07, 6.45) is 5.14. The molecule has 4 nitrogen and oxygen atoms in total. The number of hydrogen-bond donors (Lipinski definition) is 0. The molecule has 0 aliphatic rings. The normalized spacial score (nSPS) is 13.6. The van der Waals surface area contributed by atoms with Crippen LogP contribution >= 0.6 is 0 Å². The van der Waals surface area contributed by atoms with Crippen LogP contribution in [0.1, 0.15) is 38.8 Å². The van der Waals surface area contributed by atoms with Gasteiger partial charge in [-0.2, -0.15) is 0 Å². The average molecular weight is 731 g/mol. The number of rotatable bonds is 3. The number of aryl methyl sites for hydroxylation is 1. The van der Waals surface area contributed by atoms with Crippen molar-refractivity contribution in [3.8, 4) is 22.5 Å². The van der Waals surface area contributed by atoms with Gasteiger partial charge < -0.3 is 14.4 Å². The molecule has 0 atom stereocenters. The van der Waals surface area contributed by atoms with Gasteiger partial charge in [0.2, 0.25) is 0 Å². The van der Waals surface area contributed by atoms with Crippen LogP contribution in [0.15, 0.2) is 108 Å². The van der Waals surface area contributed by atoms with Crippen LogP contribution in [0.2, 0.25) is 0 Å². The molecule has 4 heterocycles. The van der Waals surface area contributed by atoms with Gasteiger partial charge in [-0.3, -0.25) is 4.98 Å². The van der Waals surface area contributed by atoms with Crippen LogP contribution in [-0.2, 0) is 26.5 Å². The molecular formula is C37H31IrN3O-2. The number of nitrogens with zero attached hydrogens (tertiary/aromatic N) is 3. The number of aromatic nitrogens is 3. The molecule has 0 bridgehead atoms. The Bertz CT molecular complexity index is 2160. The predicted octanol–water partition coefficient (Wildman–Crippen LogP) is 9.44. The first-order valence-electron chi connectivity index (χ1n) is 15.8. The quantitative estimate of drug-likeness (QED) is 0.170. The van der Waals surface area contributed by atoms with E-state index in [1.807, 2.05) is 75.5 Å². The number of fused-ring (bicyclic) bond motifs is 5. The van der Waals surface area contributed by atoms with Crippen LogP contribution < -0.4 is 0 Å². The van der Waals surface area contributed by atoms with Gasteiger partial charge in [-0.25, -0.2) is 0 Å². The van der Waals surface area contributed by atoms with Crippen LogP contribution in [0.5, 0.6) is 0 Å². The Balaban J connectivity index is 0.000000217. The van der Waals surface area contributed by atoms with Gasteiger partial charge in [0.15, 0.2) is 0 Å². The minimum absolute atomic E-state index is 0. The van der Waals surface area contributed by atoms with E-state index in [9.17, 15) is 0 Å². The number of hydrogen-bond acceptors (Lipinski definition) is 4. The molecule has 0 N–H and O–H groups in total. The van der Waals surface area contributed by atoms with Crippen molar-refractivity contribution in [3.63, 3.8) is 0 Å². The Morgan fingerprint density at radius 2 is 1.69 bits per heavy atom. The minimum Gasteiger partial charge on any atom is -0.500 e. The zero-order chi connectivity index (χ0) is 32.7. The molecule has 3 aromatic carbocycles. The minimum atomic E-state index is -2.09. The predicted molar refractivity (Wildman–Crippen MR) is 167 cm³/mol. The Kier molecular flexibility index (Phi) is 6.88. The first-order valence-corrected chi connectivity index (χ1v) is 13.3. The fourth-order valence-corrected chi connectivity index (χ4v) is 4.74. The maximum Gasteiger partial charge on any atom is 0.128 e. The Morgan fingerprint density at radius 1 is 0.810 bits per heavy atom. The molecule has 0 spiro atoms. The molecule has 0 amide bonds. The summed E-state index contributed by atoms with van der Waals surface area (Å²) >= 11 is 0. The fourth-order valence-electron chi connectivity index (χ4n) is 4.74. The Hall–Kier alpha value is -4.18. The molecule has 0 saturated heterocycles. The molecule has 0 unspecified atom stereocenters. The van der Waals surface area contributed by atoms with Crippen molar-refractivity contribution < 1.29 is 31.4 Å². The Labute approximate surface area is 267 Å². The van der Waals surface area contributed by atoms with E-state index in [1.165, 1.54) is 6.20 Å². The third-order valence-electron chi connectivity index (χ3n) is 6.50. The van der Waals surface area contributed by atoms with Gasteiger partial charge in [-0.05, 0) is 47.7 Å². The van der Waals surface area contributed by atoms with Crippen molar-refractivity contribution in [2.45, 2.75) is 34.0 Å². The van der Waals surface area contributed by atoms with Crippen molar-refractivity contribution >= 4 is 32.7 Å². The van der Waals surface area contributed by atoms with E-state index in [1.54, 1.807) is 36.7 Å². The summed E-state index contributed by atoms with van der Waals surface area (Å²) in [5, 5.41) is 4.05. The molecule has 0 fully saturated rings. The van der Waals surface area contributed by atoms with Gasteiger partial charge in [0.05, 0.1) is 5.58 Å². The van der Waals surface area contributed by atoms with Gasteiger partial charge >= 0.3 is 0 Å². The molecule has 211 valence electrons. The van der Waals surface area contributed by atoms with Gasteiger partial charge in [0, 0.05) is 67.9 Å². The van der Waals surface area contributed by atoms with Crippen LogP contribution in [0, 0.1) is 24.4 Å². The molecule has 4 aromatic heterocycles. The average Bonchev–Trinajstić information content (AvgIpc) is 3.44. The van der Waals surface area contributed by atoms with Gasteiger partial charge in [-0.1, -0.05) is 67.6 Å². The second-order valence-electron chi connectivity index (χ2n) is 10.7. The molecule has 1 radical (unpaired) electrons. The summed E-state index contributed by atoms with van der Waals surface area (Å²) in [7, 11) is 0. The summed E-state index contributed by atoms with van der Waals surface area (Å²) in [4.78, 5) is 12.8. The maximum absolute atomic E-state index is 8.62. The molecule has 5 heteroatoms. The Morgan fingerprint density at radius 3 is 2.45 bits per heavy atom. The molecule has 0 aliphatic carbocycles. The van der Waals surface area contributed by atoms with Gasteiger partial charge in [0.25, 0.3) is 0 Å². The molecule has 0 aliphatic heterocycles. The third kappa shape index (κ3) is 6.33. The van der Waals surface area contributed by atoms with Crippen LogP contribution in [0.4, 0.5) is 0 Å². The van der Waals surface area contributed by atoms with Crippen molar-refractivity contribution in [2.75, 3.05) is 0 Å². The van der Waals surface area contributed by atoms with E-state index in [0.29, 0.717) is 16.8 Å². The van der Waals surface area contributed by atoms with Crippen LogP contribution in [0.25, 0.3) is 55.2 Å². The summed E-state index contributed by atoms with van der Waals surface area (Å²) < 4.78 is 45.3. The molecule has 7 rings (SSSR count). The summed E-state index contributed by atoms with van der Waals surface area (Å²) in [5.74, 6) is 0. The molecule has 42 heavy (non-hydrogen) atoms. The van der Waals surface area contributed by atoms with Gasteiger partial charge in [-0.15, -0.1) is 54.1 Å². The second kappa shape index (κ2) is 12.4. The fraction of sp³-hybridized carbons (Fsp3) is 0.162. The topological polar surface area (TPSA) is 51.8 Å². The molecule has 7 aromatic rings. The van der Waals surface area contributed by atoms with E-state index in [2.05, 4.69) is 33.2 Å². The first kappa shape index (κ1) is 23.4. The second-order valence-corrected chi connectivity index (χ2v) is 10.7. The van der Waals surface area contributed by atoms with Crippen LogP contribution in [-0.4, -0.2) is 15.0 Å². The van der Waals surface area contributed by atoms with Crippen LogP contribution in [0.3, 0.4) is 0 Å². The smallest absolute Gasteiger partial charge is 0.128 e. The molecular weight excluding hydrogens is 695 g/mol.